The molecule has 1 amide bonds. The van der Waals surface area contributed by atoms with E-state index in [0.717, 1.165) is 16.3 Å². The van der Waals surface area contributed by atoms with Crippen molar-refractivity contribution in [2.24, 2.45) is 0 Å². The van der Waals surface area contributed by atoms with Crippen LogP contribution in [-0.4, -0.2) is 29.8 Å². The Labute approximate surface area is 144 Å². The summed E-state index contributed by atoms with van der Waals surface area (Å²) in [5.41, 5.74) is 1.49. The van der Waals surface area contributed by atoms with Gasteiger partial charge in [-0.05, 0) is 32.9 Å². The zero-order valence-corrected chi connectivity index (χ0v) is 14.9. The third-order valence-electron chi connectivity index (χ3n) is 2.91. The lowest BCUT2D eigenvalue weighted by atomic mass is 10.1. The average molecular weight is 348 g/mol. The molecule has 0 spiro atoms. The second kappa shape index (κ2) is 7.44. The average Bonchev–Trinajstić information content (AvgIpc) is 2.99. The minimum Gasteiger partial charge on any atom is -0.465 e. The number of hydrogen-bond donors (Lipinski definition) is 1. The molecule has 0 bridgehead atoms. The molecule has 2 rings (SSSR count). The highest BCUT2D eigenvalue weighted by atomic mass is 32.1. The Morgan fingerprint density at radius 2 is 2.04 bits per heavy atom. The van der Waals surface area contributed by atoms with Crippen LogP contribution in [0.1, 0.15) is 36.1 Å². The summed E-state index contributed by atoms with van der Waals surface area (Å²) >= 11 is 1.43. The fourth-order valence-electron chi connectivity index (χ4n) is 1.91. The van der Waals surface area contributed by atoms with Crippen LogP contribution in [0, 0.1) is 0 Å². The Balaban J connectivity index is 2.03. The molecule has 0 aliphatic carbocycles. The summed E-state index contributed by atoms with van der Waals surface area (Å²) in [4.78, 5) is 27.7. The first-order valence-corrected chi connectivity index (χ1v) is 8.26. The first-order chi connectivity index (χ1) is 11.3. The van der Waals surface area contributed by atoms with Crippen LogP contribution < -0.4 is 5.32 Å². The Morgan fingerprint density at radius 1 is 1.29 bits per heavy atom. The van der Waals surface area contributed by atoms with Crippen LogP contribution in [0.2, 0.25) is 0 Å². The van der Waals surface area contributed by atoms with Crippen molar-refractivity contribution in [3.05, 3.63) is 40.2 Å². The van der Waals surface area contributed by atoms with E-state index >= 15 is 0 Å². The summed E-state index contributed by atoms with van der Waals surface area (Å²) < 4.78 is 9.90. The SMILES string of the molecule is COC(=O)c1cccc(-c2csc(CNC(=O)OC(C)(C)C)n2)c1. The number of hydrogen-bond acceptors (Lipinski definition) is 6. The summed E-state index contributed by atoms with van der Waals surface area (Å²) in [5.74, 6) is -0.390. The molecule has 0 radical (unpaired) electrons. The van der Waals surface area contributed by atoms with E-state index in [2.05, 4.69) is 10.3 Å². The van der Waals surface area contributed by atoms with E-state index in [9.17, 15) is 9.59 Å². The number of carbonyl (C=O) groups excluding carboxylic acids is 2. The number of amides is 1. The largest absolute Gasteiger partial charge is 0.465 e. The topological polar surface area (TPSA) is 77.5 Å². The molecule has 6 nitrogen and oxygen atoms in total. The highest BCUT2D eigenvalue weighted by molar-refractivity contribution is 7.09. The van der Waals surface area contributed by atoms with E-state index in [-0.39, 0.29) is 12.5 Å². The number of aromatic nitrogens is 1. The van der Waals surface area contributed by atoms with Crippen molar-refractivity contribution in [2.75, 3.05) is 7.11 Å². The quantitative estimate of drug-likeness (QED) is 0.854. The predicted octanol–water partition coefficient (Wildman–Crippen LogP) is 3.62. The Morgan fingerprint density at radius 3 is 2.71 bits per heavy atom. The molecule has 7 heteroatoms. The predicted molar refractivity (Wildman–Crippen MR) is 92.0 cm³/mol. The summed E-state index contributed by atoms with van der Waals surface area (Å²) in [6.45, 7) is 5.71. The highest BCUT2D eigenvalue weighted by Gasteiger charge is 2.16. The van der Waals surface area contributed by atoms with Crippen LogP contribution in [0.4, 0.5) is 4.79 Å². The number of alkyl carbamates (subject to hydrolysis) is 1. The van der Waals surface area contributed by atoms with Gasteiger partial charge in [0.2, 0.25) is 0 Å². The van der Waals surface area contributed by atoms with Crippen molar-refractivity contribution >= 4 is 23.4 Å². The van der Waals surface area contributed by atoms with Crippen molar-refractivity contribution in [3.63, 3.8) is 0 Å². The maximum Gasteiger partial charge on any atom is 0.408 e. The van der Waals surface area contributed by atoms with Gasteiger partial charge in [-0.1, -0.05) is 12.1 Å². The normalized spacial score (nSPS) is 11.0. The lowest BCUT2D eigenvalue weighted by Gasteiger charge is -2.19. The number of rotatable bonds is 4. The fraction of sp³-hybridized carbons (Fsp3) is 0.353. The van der Waals surface area contributed by atoms with Crippen molar-refractivity contribution in [1.82, 2.24) is 10.3 Å². The third-order valence-corrected chi connectivity index (χ3v) is 3.76. The second-order valence-corrected chi connectivity index (χ2v) is 7.00. The van der Waals surface area contributed by atoms with Gasteiger partial charge in [0.1, 0.15) is 10.6 Å². The van der Waals surface area contributed by atoms with Gasteiger partial charge in [0.05, 0.1) is 24.9 Å². The van der Waals surface area contributed by atoms with Gasteiger partial charge >= 0.3 is 12.1 Å². The van der Waals surface area contributed by atoms with Gasteiger partial charge in [0.15, 0.2) is 0 Å². The van der Waals surface area contributed by atoms with E-state index in [1.54, 1.807) is 18.2 Å². The summed E-state index contributed by atoms with van der Waals surface area (Å²) in [7, 11) is 1.35. The molecule has 0 aliphatic heterocycles. The van der Waals surface area contributed by atoms with Crippen LogP contribution in [0.15, 0.2) is 29.6 Å². The van der Waals surface area contributed by atoms with Crippen LogP contribution in [-0.2, 0) is 16.0 Å². The van der Waals surface area contributed by atoms with E-state index in [1.807, 2.05) is 32.2 Å². The third kappa shape index (κ3) is 5.06. The van der Waals surface area contributed by atoms with E-state index in [0.29, 0.717) is 5.56 Å². The molecule has 1 aromatic heterocycles. The molecule has 1 N–H and O–H groups in total. The minimum atomic E-state index is -0.535. The Hall–Kier alpha value is -2.41. The summed E-state index contributed by atoms with van der Waals surface area (Å²) in [6.07, 6.45) is -0.480. The summed E-state index contributed by atoms with van der Waals surface area (Å²) in [6, 6.07) is 7.06. The second-order valence-electron chi connectivity index (χ2n) is 6.05. The van der Waals surface area contributed by atoms with Crippen LogP contribution in [0.5, 0.6) is 0 Å². The number of benzene rings is 1. The molecule has 1 heterocycles. The van der Waals surface area contributed by atoms with Crippen molar-refractivity contribution in [2.45, 2.75) is 32.9 Å². The van der Waals surface area contributed by atoms with Gasteiger partial charge in [0.25, 0.3) is 0 Å². The van der Waals surface area contributed by atoms with Crippen molar-refractivity contribution in [3.8, 4) is 11.3 Å². The number of methoxy groups -OCH3 is 1. The number of carbonyl (C=O) groups is 2. The van der Waals surface area contributed by atoms with Gasteiger partial charge in [-0.3, -0.25) is 0 Å². The van der Waals surface area contributed by atoms with Gasteiger partial charge in [-0.2, -0.15) is 0 Å². The first kappa shape index (κ1) is 17.9. The molecule has 0 atom stereocenters. The highest BCUT2D eigenvalue weighted by Crippen LogP contribution is 2.23. The van der Waals surface area contributed by atoms with Crippen LogP contribution >= 0.6 is 11.3 Å². The summed E-state index contributed by atoms with van der Waals surface area (Å²) in [5, 5.41) is 5.30. The van der Waals surface area contributed by atoms with E-state index < -0.39 is 11.7 Å². The molecule has 0 aliphatic rings. The molecular weight excluding hydrogens is 328 g/mol. The molecule has 2 aromatic rings. The zero-order valence-electron chi connectivity index (χ0n) is 14.1. The molecule has 0 saturated heterocycles. The lowest BCUT2D eigenvalue weighted by Crippen LogP contribution is -2.32. The van der Waals surface area contributed by atoms with E-state index in [1.165, 1.54) is 18.4 Å². The first-order valence-electron chi connectivity index (χ1n) is 7.38. The number of esters is 1. The smallest absolute Gasteiger partial charge is 0.408 e. The minimum absolute atomic E-state index is 0.288. The molecule has 1 aromatic carbocycles. The maximum atomic E-state index is 11.7. The molecule has 24 heavy (non-hydrogen) atoms. The number of nitrogens with zero attached hydrogens (tertiary/aromatic N) is 1. The standard InChI is InChI=1S/C17H20N2O4S/c1-17(2,3)23-16(21)18-9-14-19-13(10-24-14)11-6-5-7-12(8-11)15(20)22-4/h5-8,10H,9H2,1-4H3,(H,18,21). The van der Waals surface area contributed by atoms with Gasteiger partial charge in [-0.15, -0.1) is 11.3 Å². The van der Waals surface area contributed by atoms with Crippen molar-refractivity contribution in [1.29, 1.82) is 0 Å². The molecule has 0 fully saturated rings. The Kier molecular flexibility index (Phi) is 5.56. The van der Waals surface area contributed by atoms with Crippen LogP contribution in [0.25, 0.3) is 11.3 Å². The van der Waals surface area contributed by atoms with Gasteiger partial charge in [0, 0.05) is 10.9 Å². The number of ether oxygens (including phenoxy) is 2. The number of thiazole rings is 1. The monoisotopic (exact) mass is 348 g/mol. The molecular formula is C17H20N2O4S. The van der Waals surface area contributed by atoms with Gasteiger partial charge < -0.3 is 14.8 Å². The maximum absolute atomic E-state index is 11.7. The van der Waals surface area contributed by atoms with Gasteiger partial charge in [-0.25, -0.2) is 14.6 Å². The fourth-order valence-corrected chi connectivity index (χ4v) is 2.65. The molecule has 128 valence electrons. The van der Waals surface area contributed by atoms with Crippen LogP contribution in [0.3, 0.4) is 0 Å². The van der Waals surface area contributed by atoms with Crippen molar-refractivity contribution < 1.29 is 19.1 Å². The molecule has 0 saturated carbocycles. The van der Waals surface area contributed by atoms with E-state index in [4.69, 9.17) is 9.47 Å². The number of nitrogens with one attached hydrogen (secondary N) is 1. The zero-order chi connectivity index (χ0) is 17.7. The lowest BCUT2D eigenvalue weighted by molar-refractivity contribution is 0.0522. The Bertz CT molecular complexity index is 734. The molecule has 0 unspecified atom stereocenters.